The van der Waals surface area contributed by atoms with Gasteiger partial charge in [-0.2, -0.15) is 4.31 Å². The SMILES string of the molecule is CC(=O)N1CCN(S(=O)(=O)c2ccc(C(=O)N3CCC(C4OCCO4)CC3)cc2)CC1. The molecule has 170 valence electrons. The summed E-state index contributed by atoms with van der Waals surface area (Å²) in [7, 11) is -3.65. The molecule has 0 aliphatic carbocycles. The predicted octanol–water partition coefficient (Wildman–Crippen LogP) is 0.765. The Kier molecular flexibility index (Phi) is 6.61. The number of nitrogens with zero attached hydrogens (tertiary/aromatic N) is 3. The third-order valence-corrected chi connectivity index (χ3v) is 8.20. The summed E-state index contributed by atoms with van der Waals surface area (Å²) in [4.78, 5) is 27.9. The fourth-order valence-electron chi connectivity index (χ4n) is 4.37. The largest absolute Gasteiger partial charge is 0.350 e. The van der Waals surface area contributed by atoms with E-state index >= 15 is 0 Å². The Morgan fingerprint density at radius 3 is 2.00 bits per heavy atom. The maximum atomic E-state index is 12.9. The van der Waals surface area contributed by atoms with Crippen LogP contribution in [0.3, 0.4) is 0 Å². The maximum absolute atomic E-state index is 12.9. The Hall–Kier alpha value is -2.01. The average Bonchev–Trinajstić information content (AvgIpc) is 3.34. The molecule has 3 heterocycles. The number of hydrogen-bond acceptors (Lipinski definition) is 6. The van der Waals surface area contributed by atoms with Gasteiger partial charge in [0, 0.05) is 57.7 Å². The van der Waals surface area contributed by atoms with Crippen molar-refractivity contribution in [2.24, 2.45) is 5.92 Å². The van der Waals surface area contributed by atoms with Gasteiger partial charge in [0.25, 0.3) is 5.91 Å². The van der Waals surface area contributed by atoms with E-state index in [4.69, 9.17) is 9.47 Å². The van der Waals surface area contributed by atoms with Gasteiger partial charge < -0.3 is 19.3 Å². The molecule has 31 heavy (non-hydrogen) atoms. The van der Waals surface area contributed by atoms with Crippen molar-refractivity contribution >= 4 is 21.8 Å². The van der Waals surface area contributed by atoms with Crippen LogP contribution in [0.1, 0.15) is 30.1 Å². The lowest BCUT2D eigenvalue weighted by Crippen LogP contribution is -2.49. The first kappa shape index (κ1) is 22.2. The number of sulfonamides is 1. The van der Waals surface area contributed by atoms with Crippen molar-refractivity contribution in [3.63, 3.8) is 0 Å². The molecule has 4 rings (SSSR count). The first-order chi connectivity index (χ1) is 14.9. The lowest BCUT2D eigenvalue weighted by molar-refractivity contribution is -0.129. The van der Waals surface area contributed by atoms with Crippen molar-refractivity contribution < 1.29 is 27.5 Å². The third-order valence-electron chi connectivity index (χ3n) is 6.28. The highest BCUT2D eigenvalue weighted by Gasteiger charge is 2.33. The van der Waals surface area contributed by atoms with Crippen molar-refractivity contribution in [2.75, 3.05) is 52.5 Å². The van der Waals surface area contributed by atoms with Crippen LogP contribution in [0.25, 0.3) is 0 Å². The monoisotopic (exact) mass is 451 g/mol. The second-order valence-corrected chi connectivity index (χ2v) is 10.1. The van der Waals surface area contributed by atoms with Crippen LogP contribution in [0.4, 0.5) is 0 Å². The van der Waals surface area contributed by atoms with Crippen LogP contribution in [-0.4, -0.2) is 93.1 Å². The summed E-state index contributed by atoms with van der Waals surface area (Å²) in [6, 6.07) is 6.15. The van der Waals surface area contributed by atoms with E-state index in [-0.39, 0.29) is 36.1 Å². The average molecular weight is 452 g/mol. The first-order valence-corrected chi connectivity index (χ1v) is 12.2. The molecule has 0 aromatic heterocycles. The van der Waals surface area contributed by atoms with Gasteiger partial charge in [-0.15, -0.1) is 0 Å². The number of carbonyl (C=O) groups is 2. The number of ether oxygens (including phenoxy) is 2. The van der Waals surface area contributed by atoms with Crippen LogP contribution in [0.15, 0.2) is 29.2 Å². The quantitative estimate of drug-likeness (QED) is 0.671. The van der Waals surface area contributed by atoms with Crippen LogP contribution >= 0.6 is 0 Å². The number of hydrogen-bond donors (Lipinski definition) is 0. The highest BCUT2D eigenvalue weighted by atomic mass is 32.2. The second kappa shape index (κ2) is 9.23. The van der Waals surface area contributed by atoms with Crippen LogP contribution in [0.5, 0.6) is 0 Å². The van der Waals surface area contributed by atoms with E-state index < -0.39 is 10.0 Å². The van der Waals surface area contributed by atoms with Crippen molar-refractivity contribution in [3.8, 4) is 0 Å². The molecule has 3 saturated heterocycles. The molecule has 0 N–H and O–H groups in total. The van der Waals surface area contributed by atoms with Gasteiger partial charge in [0.2, 0.25) is 15.9 Å². The standard InChI is InChI=1S/C21H29N3O6S/c1-16(25)22-10-12-24(13-11-22)31(27,28)19-4-2-17(3-5-19)20(26)23-8-6-18(7-9-23)21-29-14-15-30-21/h2-5,18,21H,6-15H2,1H3. The summed E-state index contributed by atoms with van der Waals surface area (Å²) in [5.74, 6) is 0.167. The van der Waals surface area contributed by atoms with Gasteiger partial charge in [0.05, 0.1) is 18.1 Å². The number of piperazine rings is 1. The normalized spacial score (nSPS) is 22.1. The summed E-state index contributed by atoms with van der Waals surface area (Å²) in [6.45, 7) is 5.32. The van der Waals surface area contributed by atoms with E-state index in [1.165, 1.54) is 23.4 Å². The molecular weight excluding hydrogens is 422 g/mol. The van der Waals surface area contributed by atoms with Crippen molar-refractivity contribution in [1.82, 2.24) is 14.1 Å². The lowest BCUT2D eigenvalue weighted by Gasteiger charge is -2.34. The molecule has 0 radical (unpaired) electrons. The summed E-state index contributed by atoms with van der Waals surface area (Å²) >= 11 is 0. The van der Waals surface area contributed by atoms with E-state index in [0.29, 0.717) is 50.9 Å². The van der Waals surface area contributed by atoms with Gasteiger partial charge in [0.1, 0.15) is 0 Å². The summed E-state index contributed by atoms with van der Waals surface area (Å²) in [5, 5.41) is 0. The number of carbonyl (C=O) groups excluding carboxylic acids is 2. The molecule has 0 bridgehead atoms. The highest BCUT2D eigenvalue weighted by molar-refractivity contribution is 7.89. The number of piperidine rings is 1. The Labute approximate surface area is 182 Å². The van der Waals surface area contributed by atoms with E-state index in [1.807, 2.05) is 0 Å². The molecule has 3 aliphatic rings. The minimum Gasteiger partial charge on any atom is -0.350 e. The third kappa shape index (κ3) is 4.77. The molecule has 3 aliphatic heterocycles. The van der Waals surface area contributed by atoms with Gasteiger partial charge in [0.15, 0.2) is 6.29 Å². The van der Waals surface area contributed by atoms with E-state index in [1.54, 1.807) is 21.9 Å². The zero-order valence-electron chi connectivity index (χ0n) is 17.7. The molecule has 9 nitrogen and oxygen atoms in total. The van der Waals surface area contributed by atoms with Crippen molar-refractivity contribution in [1.29, 1.82) is 0 Å². The number of likely N-dealkylation sites (tertiary alicyclic amines) is 1. The Morgan fingerprint density at radius 1 is 0.871 bits per heavy atom. The smallest absolute Gasteiger partial charge is 0.253 e. The first-order valence-electron chi connectivity index (χ1n) is 10.7. The molecule has 2 amide bonds. The maximum Gasteiger partial charge on any atom is 0.253 e. The Morgan fingerprint density at radius 2 is 1.45 bits per heavy atom. The number of rotatable bonds is 4. The molecular formula is C21H29N3O6S. The number of amides is 2. The van der Waals surface area contributed by atoms with Crippen LogP contribution < -0.4 is 0 Å². The Bertz CT molecular complexity index is 898. The zero-order chi connectivity index (χ0) is 22.0. The molecule has 0 unspecified atom stereocenters. The summed E-state index contributed by atoms with van der Waals surface area (Å²) in [5.41, 5.74) is 0.479. The van der Waals surface area contributed by atoms with Crippen molar-refractivity contribution in [2.45, 2.75) is 31.0 Å². The van der Waals surface area contributed by atoms with E-state index in [0.717, 1.165) is 12.8 Å². The van der Waals surface area contributed by atoms with Gasteiger partial charge in [-0.25, -0.2) is 8.42 Å². The second-order valence-electron chi connectivity index (χ2n) is 8.17. The molecule has 1 aromatic carbocycles. The summed E-state index contributed by atoms with van der Waals surface area (Å²) < 4.78 is 38.4. The van der Waals surface area contributed by atoms with Crippen LogP contribution in [-0.2, 0) is 24.3 Å². The molecule has 10 heteroatoms. The number of benzene rings is 1. The van der Waals surface area contributed by atoms with Crippen molar-refractivity contribution in [3.05, 3.63) is 29.8 Å². The van der Waals surface area contributed by atoms with Gasteiger partial charge in [-0.05, 0) is 37.1 Å². The molecule has 0 atom stereocenters. The van der Waals surface area contributed by atoms with Crippen LogP contribution in [0, 0.1) is 5.92 Å². The lowest BCUT2D eigenvalue weighted by atomic mass is 9.95. The Balaban J connectivity index is 1.35. The van der Waals surface area contributed by atoms with Gasteiger partial charge >= 0.3 is 0 Å². The van der Waals surface area contributed by atoms with Gasteiger partial charge in [-0.1, -0.05) is 0 Å². The molecule has 3 fully saturated rings. The van der Waals surface area contributed by atoms with E-state index in [9.17, 15) is 18.0 Å². The minimum atomic E-state index is -3.65. The molecule has 0 spiro atoms. The zero-order valence-corrected chi connectivity index (χ0v) is 18.6. The molecule has 1 aromatic rings. The molecule has 0 saturated carbocycles. The fraction of sp³-hybridized carbons (Fsp3) is 0.619. The van der Waals surface area contributed by atoms with Crippen LogP contribution in [0.2, 0.25) is 0 Å². The fourth-order valence-corrected chi connectivity index (χ4v) is 5.79. The highest BCUT2D eigenvalue weighted by Crippen LogP contribution is 2.27. The topological polar surface area (TPSA) is 96.5 Å². The minimum absolute atomic E-state index is 0.0489. The summed E-state index contributed by atoms with van der Waals surface area (Å²) in [6.07, 6.45) is 1.50. The predicted molar refractivity (Wildman–Crippen MR) is 112 cm³/mol. The van der Waals surface area contributed by atoms with E-state index in [2.05, 4.69) is 0 Å². The van der Waals surface area contributed by atoms with Gasteiger partial charge in [-0.3, -0.25) is 9.59 Å².